The van der Waals surface area contributed by atoms with E-state index in [1.807, 2.05) is 12.1 Å². The number of fused-ring (bicyclic) bond motifs is 1. The third kappa shape index (κ3) is 3.35. The number of para-hydroxylation sites is 1. The van der Waals surface area contributed by atoms with Crippen LogP contribution in [-0.2, 0) is 4.79 Å². The molecule has 0 aromatic heterocycles. The Hall–Kier alpha value is -2.78. The summed E-state index contributed by atoms with van der Waals surface area (Å²) >= 11 is 3.40. The van der Waals surface area contributed by atoms with E-state index >= 15 is 0 Å². The van der Waals surface area contributed by atoms with Crippen LogP contribution in [0.4, 0.5) is 5.69 Å². The van der Waals surface area contributed by atoms with Crippen LogP contribution in [0, 0.1) is 11.3 Å². The molecule has 2 aromatic carbocycles. The summed E-state index contributed by atoms with van der Waals surface area (Å²) in [5.41, 5.74) is 1.28. The number of amides is 1. The summed E-state index contributed by atoms with van der Waals surface area (Å²) < 4.78 is 11.3. The van der Waals surface area contributed by atoms with Crippen molar-refractivity contribution in [3.63, 3.8) is 0 Å². The Labute approximate surface area is 141 Å². The smallest absolute Gasteiger partial charge is 0.266 e. The summed E-state index contributed by atoms with van der Waals surface area (Å²) in [6.45, 7) is 0.161. The van der Waals surface area contributed by atoms with Crippen LogP contribution in [0.25, 0.3) is 6.08 Å². The monoisotopic (exact) mass is 370 g/mol. The molecule has 6 heteroatoms. The van der Waals surface area contributed by atoms with Gasteiger partial charge in [-0.05, 0) is 35.9 Å². The van der Waals surface area contributed by atoms with Gasteiger partial charge in [0, 0.05) is 10.2 Å². The lowest BCUT2D eigenvalue weighted by atomic mass is 10.1. The molecule has 1 heterocycles. The van der Waals surface area contributed by atoms with Gasteiger partial charge in [0.05, 0.1) is 0 Å². The highest BCUT2D eigenvalue weighted by molar-refractivity contribution is 9.10. The number of nitrogens with zero attached hydrogens (tertiary/aromatic N) is 1. The predicted octanol–water partition coefficient (Wildman–Crippen LogP) is 3.72. The van der Waals surface area contributed by atoms with Crippen molar-refractivity contribution in [2.45, 2.75) is 0 Å². The van der Waals surface area contributed by atoms with Crippen LogP contribution >= 0.6 is 15.9 Å². The number of hydrogen-bond donors (Lipinski definition) is 1. The molecule has 2 aromatic rings. The minimum Gasteiger partial charge on any atom is -0.454 e. The Morgan fingerprint density at radius 1 is 1.22 bits per heavy atom. The summed E-state index contributed by atoms with van der Waals surface area (Å²) in [4.78, 5) is 12.2. The van der Waals surface area contributed by atoms with Crippen LogP contribution in [0.2, 0.25) is 0 Å². The Bertz CT molecular complexity index is 826. The fraction of sp³-hybridized carbons (Fsp3) is 0.0588. The first-order chi connectivity index (χ1) is 11.2. The Kier molecular flexibility index (Phi) is 4.31. The van der Waals surface area contributed by atoms with Gasteiger partial charge in [0.15, 0.2) is 11.5 Å². The van der Waals surface area contributed by atoms with E-state index < -0.39 is 5.91 Å². The first kappa shape index (κ1) is 15.1. The number of carbonyl (C=O) groups is 1. The summed E-state index contributed by atoms with van der Waals surface area (Å²) in [6.07, 6.45) is 1.50. The number of nitrogens with one attached hydrogen (secondary N) is 1. The SMILES string of the molecule is N#C/C(=C\c1cc2c(cc1Br)OCO2)C(=O)Nc1ccccc1. The van der Waals surface area contributed by atoms with E-state index in [1.54, 1.807) is 36.4 Å². The van der Waals surface area contributed by atoms with Crippen molar-refractivity contribution in [3.05, 3.63) is 58.1 Å². The molecule has 0 unspecified atom stereocenters. The molecule has 0 saturated carbocycles. The van der Waals surface area contributed by atoms with Crippen LogP contribution < -0.4 is 14.8 Å². The molecule has 0 saturated heterocycles. The largest absolute Gasteiger partial charge is 0.454 e. The van der Waals surface area contributed by atoms with Crippen molar-refractivity contribution in [1.29, 1.82) is 5.26 Å². The highest BCUT2D eigenvalue weighted by Gasteiger charge is 2.17. The molecule has 0 bridgehead atoms. The minimum absolute atomic E-state index is 0.00609. The quantitative estimate of drug-likeness (QED) is 0.659. The Balaban J connectivity index is 1.87. The number of hydrogen-bond acceptors (Lipinski definition) is 4. The van der Waals surface area contributed by atoms with Gasteiger partial charge in [0.2, 0.25) is 6.79 Å². The second-order valence-electron chi connectivity index (χ2n) is 4.72. The highest BCUT2D eigenvalue weighted by atomic mass is 79.9. The van der Waals surface area contributed by atoms with Gasteiger partial charge in [-0.25, -0.2) is 0 Å². The first-order valence-electron chi connectivity index (χ1n) is 6.75. The molecule has 0 aliphatic carbocycles. The van der Waals surface area contributed by atoms with Crippen molar-refractivity contribution in [2.75, 3.05) is 12.1 Å². The zero-order valence-corrected chi connectivity index (χ0v) is 13.5. The van der Waals surface area contributed by atoms with E-state index in [1.165, 1.54) is 6.08 Å². The molecule has 1 aliphatic rings. The zero-order valence-electron chi connectivity index (χ0n) is 11.9. The average Bonchev–Trinajstić information content (AvgIpc) is 3.00. The average molecular weight is 371 g/mol. The van der Waals surface area contributed by atoms with Gasteiger partial charge in [-0.3, -0.25) is 4.79 Å². The van der Waals surface area contributed by atoms with E-state index in [0.29, 0.717) is 27.2 Å². The van der Waals surface area contributed by atoms with Gasteiger partial charge in [-0.15, -0.1) is 0 Å². The third-order valence-corrected chi connectivity index (χ3v) is 3.88. The van der Waals surface area contributed by atoms with Crippen LogP contribution in [0.1, 0.15) is 5.56 Å². The number of benzene rings is 2. The standard InChI is InChI=1S/C17H11BrN2O3/c18-14-8-16-15(22-10-23-16)7-11(14)6-12(9-19)17(21)20-13-4-2-1-3-5-13/h1-8H,10H2,(H,20,21)/b12-6+. The van der Waals surface area contributed by atoms with Crippen molar-refractivity contribution in [2.24, 2.45) is 0 Å². The summed E-state index contributed by atoms with van der Waals surface area (Å²) in [6, 6.07) is 14.4. The lowest BCUT2D eigenvalue weighted by Crippen LogP contribution is -2.13. The molecule has 1 N–H and O–H groups in total. The third-order valence-electron chi connectivity index (χ3n) is 3.19. The van der Waals surface area contributed by atoms with Crippen LogP contribution in [0.15, 0.2) is 52.5 Å². The van der Waals surface area contributed by atoms with Crippen LogP contribution in [0.5, 0.6) is 11.5 Å². The molecule has 3 rings (SSSR count). The number of halogens is 1. The number of ether oxygens (including phenoxy) is 2. The molecule has 0 radical (unpaired) electrons. The van der Waals surface area contributed by atoms with Gasteiger partial charge in [0.1, 0.15) is 11.6 Å². The number of anilines is 1. The molecule has 0 atom stereocenters. The summed E-state index contributed by atoms with van der Waals surface area (Å²) in [7, 11) is 0. The molecule has 23 heavy (non-hydrogen) atoms. The molecule has 1 amide bonds. The maximum absolute atomic E-state index is 12.2. The predicted molar refractivity (Wildman–Crippen MR) is 88.9 cm³/mol. The second kappa shape index (κ2) is 6.55. The molecule has 1 aliphatic heterocycles. The summed E-state index contributed by atoms with van der Waals surface area (Å²) in [5, 5.41) is 12.0. The van der Waals surface area contributed by atoms with E-state index in [4.69, 9.17) is 9.47 Å². The lowest BCUT2D eigenvalue weighted by molar-refractivity contribution is -0.112. The van der Waals surface area contributed by atoms with Crippen molar-refractivity contribution in [1.82, 2.24) is 0 Å². The highest BCUT2D eigenvalue weighted by Crippen LogP contribution is 2.37. The van der Waals surface area contributed by atoms with Crippen LogP contribution in [-0.4, -0.2) is 12.7 Å². The van der Waals surface area contributed by atoms with Gasteiger partial charge in [0.25, 0.3) is 5.91 Å². The minimum atomic E-state index is -0.469. The van der Waals surface area contributed by atoms with Gasteiger partial charge >= 0.3 is 0 Å². The maximum atomic E-state index is 12.2. The normalized spacial score (nSPS) is 12.6. The van der Waals surface area contributed by atoms with Gasteiger partial charge < -0.3 is 14.8 Å². The Morgan fingerprint density at radius 2 is 1.91 bits per heavy atom. The second-order valence-corrected chi connectivity index (χ2v) is 5.57. The van der Waals surface area contributed by atoms with E-state index in [2.05, 4.69) is 21.2 Å². The van der Waals surface area contributed by atoms with Gasteiger partial charge in [-0.1, -0.05) is 34.1 Å². The first-order valence-corrected chi connectivity index (χ1v) is 7.54. The summed E-state index contributed by atoms with van der Waals surface area (Å²) in [5.74, 6) is 0.741. The number of nitriles is 1. The molecule has 114 valence electrons. The van der Waals surface area contributed by atoms with E-state index in [0.717, 1.165) is 0 Å². The maximum Gasteiger partial charge on any atom is 0.266 e. The van der Waals surface area contributed by atoms with Crippen LogP contribution in [0.3, 0.4) is 0 Å². The lowest BCUT2D eigenvalue weighted by Gasteiger charge is -2.05. The molecular formula is C17H11BrN2O3. The fourth-order valence-corrected chi connectivity index (χ4v) is 2.50. The van der Waals surface area contributed by atoms with Crippen molar-refractivity contribution < 1.29 is 14.3 Å². The molecule has 0 spiro atoms. The molecule has 0 fully saturated rings. The van der Waals surface area contributed by atoms with E-state index in [9.17, 15) is 10.1 Å². The van der Waals surface area contributed by atoms with Gasteiger partial charge in [-0.2, -0.15) is 5.26 Å². The fourth-order valence-electron chi connectivity index (χ4n) is 2.07. The molecule has 5 nitrogen and oxygen atoms in total. The topological polar surface area (TPSA) is 71.3 Å². The van der Waals surface area contributed by atoms with Crippen molar-refractivity contribution in [3.8, 4) is 17.6 Å². The molecular weight excluding hydrogens is 360 g/mol. The number of carbonyl (C=O) groups excluding carboxylic acids is 1. The van der Waals surface area contributed by atoms with E-state index in [-0.39, 0.29) is 12.4 Å². The number of rotatable bonds is 3. The van der Waals surface area contributed by atoms with Crippen molar-refractivity contribution >= 4 is 33.6 Å². The zero-order chi connectivity index (χ0) is 16.2. The Morgan fingerprint density at radius 3 is 2.61 bits per heavy atom.